The van der Waals surface area contributed by atoms with Crippen molar-refractivity contribution in [3.05, 3.63) is 71.8 Å². The maximum atomic E-state index is 12.0. The number of allylic oxidation sites excluding steroid dienone is 2. The third kappa shape index (κ3) is 6.69. The molecule has 1 atom stereocenters. The quantitative estimate of drug-likeness (QED) is 0.516. The Morgan fingerprint density at radius 2 is 1.90 bits per heavy atom. The van der Waals surface area contributed by atoms with Crippen LogP contribution in [-0.2, 0) is 35.1 Å². The van der Waals surface area contributed by atoms with Gasteiger partial charge in [0, 0.05) is 25.0 Å². The van der Waals surface area contributed by atoms with Gasteiger partial charge in [0.2, 0.25) is 0 Å². The zero-order chi connectivity index (χ0) is 20.5. The second-order valence-electron chi connectivity index (χ2n) is 7.03. The van der Waals surface area contributed by atoms with Crippen LogP contribution < -0.4 is 0 Å². The lowest BCUT2D eigenvalue weighted by molar-refractivity contribution is -0.162. The van der Waals surface area contributed by atoms with Crippen molar-refractivity contribution in [3.8, 4) is 0 Å². The predicted molar refractivity (Wildman–Crippen MR) is 107 cm³/mol. The molecule has 1 fully saturated rings. The summed E-state index contributed by atoms with van der Waals surface area (Å²) in [5.41, 5.74) is 1.90. The molecule has 1 aromatic carbocycles. The Morgan fingerprint density at radius 3 is 2.66 bits per heavy atom. The van der Waals surface area contributed by atoms with Gasteiger partial charge in [-0.25, -0.2) is 9.59 Å². The van der Waals surface area contributed by atoms with Crippen molar-refractivity contribution < 1.29 is 28.5 Å². The minimum Gasteiger partial charge on any atom is -0.458 e. The fourth-order valence-electron chi connectivity index (χ4n) is 3.25. The molecule has 6 nitrogen and oxygen atoms in total. The van der Waals surface area contributed by atoms with Crippen LogP contribution in [0.1, 0.15) is 31.7 Å². The average Bonchev–Trinajstić information content (AvgIpc) is 3.17. The van der Waals surface area contributed by atoms with Gasteiger partial charge in [-0.2, -0.15) is 0 Å². The van der Waals surface area contributed by atoms with Crippen LogP contribution in [-0.4, -0.2) is 37.0 Å². The predicted octanol–water partition coefficient (Wildman–Crippen LogP) is 3.63. The van der Waals surface area contributed by atoms with Crippen LogP contribution in [0, 0.1) is 0 Å². The average molecular weight is 398 g/mol. The molecule has 1 saturated heterocycles. The maximum Gasteiger partial charge on any atom is 0.331 e. The van der Waals surface area contributed by atoms with E-state index in [1.165, 1.54) is 18.2 Å². The molecule has 2 aliphatic rings. The van der Waals surface area contributed by atoms with E-state index in [-0.39, 0.29) is 6.61 Å². The Labute approximate surface area is 170 Å². The number of carbonyl (C=O) groups excluding carboxylic acids is 2. The molecule has 1 aromatic rings. The third-order valence-electron chi connectivity index (χ3n) is 4.68. The van der Waals surface area contributed by atoms with Gasteiger partial charge in [-0.3, -0.25) is 0 Å². The number of rotatable bonds is 7. The van der Waals surface area contributed by atoms with Crippen LogP contribution >= 0.6 is 0 Å². The highest BCUT2D eigenvalue weighted by Gasteiger charge is 2.38. The number of hydrogen-bond acceptors (Lipinski definition) is 6. The van der Waals surface area contributed by atoms with E-state index >= 15 is 0 Å². The summed E-state index contributed by atoms with van der Waals surface area (Å²) in [4.78, 5) is 23.8. The van der Waals surface area contributed by atoms with Crippen molar-refractivity contribution in [3.63, 3.8) is 0 Å². The highest BCUT2D eigenvalue weighted by Crippen LogP contribution is 2.36. The zero-order valence-corrected chi connectivity index (χ0v) is 16.5. The minimum absolute atomic E-state index is 0.199. The fourth-order valence-corrected chi connectivity index (χ4v) is 3.25. The van der Waals surface area contributed by atoms with E-state index in [9.17, 15) is 9.59 Å². The molecule has 0 bridgehead atoms. The second kappa shape index (κ2) is 10.2. The summed E-state index contributed by atoms with van der Waals surface area (Å²) in [6, 6.07) is 9.41. The van der Waals surface area contributed by atoms with Crippen LogP contribution in [0.15, 0.2) is 66.3 Å². The zero-order valence-electron chi connectivity index (χ0n) is 16.5. The topological polar surface area (TPSA) is 71.1 Å². The Kier molecular flexibility index (Phi) is 7.38. The molecule has 0 saturated carbocycles. The largest absolute Gasteiger partial charge is 0.458 e. The van der Waals surface area contributed by atoms with Crippen LogP contribution in [0.4, 0.5) is 0 Å². The van der Waals surface area contributed by atoms with E-state index < -0.39 is 23.8 Å². The van der Waals surface area contributed by atoms with Gasteiger partial charge in [0.25, 0.3) is 0 Å². The molecule has 6 heteroatoms. The smallest absolute Gasteiger partial charge is 0.331 e. The third-order valence-corrected chi connectivity index (χ3v) is 4.68. The van der Waals surface area contributed by atoms with Gasteiger partial charge in [0.1, 0.15) is 12.7 Å². The van der Waals surface area contributed by atoms with Gasteiger partial charge in [-0.05, 0) is 30.6 Å². The number of carbonyl (C=O) groups is 2. The van der Waals surface area contributed by atoms with Gasteiger partial charge in [-0.1, -0.05) is 42.5 Å². The Morgan fingerprint density at radius 1 is 1.14 bits per heavy atom. The molecule has 1 aliphatic carbocycles. The highest BCUT2D eigenvalue weighted by molar-refractivity contribution is 5.83. The highest BCUT2D eigenvalue weighted by atomic mass is 16.7. The first kappa shape index (κ1) is 21.0. The van der Waals surface area contributed by atoms with E-state index in [0.717, 1.165) is 24.0 Å². The molecule has 0 N–H and O–H groups in total. The van der Waals surface area contributed by atoms with Crippen molar-refractivity contribution >= 4 is 11.9 Å². The maximum absolute atomic E-state index is 12.0. The standard InChI is InChI=1S/C23H26O6/c1-18(9-11-21(24)26-17-20-6-3-2-4-7-20)29-22(25)12-10-19-8-5-13-23(16-19)27-14-15-28-23/h2-4,6-12,18H,5,13-17H2,1H3/b11-9-,12-10+/t18-/m1/s1. The number of benzene rings is 1. The lowest BCUT2D eigenvalue weighted by Crippen LogP contribution is -2.32. The number of esters is 2. The first-order valence-electron chi connectivity index (χ1n) is 9.79. The van der Waals surface area contributed by atoms with Gasteiger partial charge in [0.05, 0.1) is 13.2 Å². The van der Waals surface area contributed by atoms with Gasteiger partial charge < -0.3 is 18.9 Å². The second-order valence-corrected chi connectivity index (χ2v) is 7.03. The van der Waals surface area contributed by atoms with Crippen LogP contribution in [0.25, 0.3) is 0 Å². The number of ether oxygens (including phenoxy) is 4. The lowest BCUT2D eigenvalue weighted by atomic mass is 9.93. The molecule has 0 aromatic heterocycles. The van der Waals surface area contributed by atoms with Crippen LogP contribution in [0.5, 0.6) is 0 Å². The van der Waals surface area contributed by atoms with Crippen LogP contribution in [0.2, 0.25) is 0 Å². The molecule has 3 rings (SSSR count). The Bertz CT molecular complexity index is 787. The van der Waals surface area contributed by atoms with Gasteiger partial charge in [-0.15, -0.1) is 0 Å². The normalized spacial score (nSPS) is 19.4. The Hall–Kier alpha value is -2.70. The molecular formula is C23H26O6. The lowest BCUT2D eigenvalue weighted by Gasteiger charge is -2.30. The van der Waals surface area contributed by atoms with E-state index in [1.807, 2.05) is 30.3 Å². The number of hydrogen-bond donors (Lipinski definition) is 0. The molecule has 0 radical (unpaired) electrons. The van der Waals surface area contributed by atoms with E-state index in [0.29, 0.717) is 19.6 Å². The molecule has 154 valence electrons. The van der Waals surface area contributed by atoms with E-state index in [1.54, 1.807) is 13.0 Å². The van der Waals surface area contributed by atoms with Gasteiger partial charge in [0.15, 0.2) is 5.79 Å². The SMILES string of the molecule is C[C@H](/C=C\C(=O)OCc1ccccc1)OC(=O)/C=C/C1=CCCC2(C1)OCCO2. The van der Waals surface area contributed by atoms with Gasteiger partial charge >= 0.3 is 11.9 Å². The molecule has 1 heterocycles. The first-order valence-corrected chi connectivity index (χ1v) is 9.79. The molecule has 0 unspecified atom stereocenters. The van der Waals surface area contributed by atoms with Crippen molar-refractivity contribution in [2.45, 2.75) is 44.7 Å². The van der Waals surface area contributed by atoms with Crippen molar-refractivity contribution in [1.29, 1.82) is 0 Å². The minimum atomic E-state index is -0.551. The molecular weight excluding hydrogens is 372 g/mol. The molecule has 1 aliphatic heterocycles. The summed E-state index contributed by atoms with van der Waals surface area (Å²) in [5.74, 6) is -1.50. The summed E-state index contributed by atoms with van der Waals surface area (Å²) in [7, 11) is 0. The van der Waals surface area contributed by atoms with E-state index in [4.69, 9.17) is 18.9 Å². The molecule has 29 heavy (non-hydrogen) atoms. The van der Waals surface area contributed by atoms with Crippen molar-refractivity contribution in [2.24, 2.45) is 0 Å². The molecule has 0 amide bonds. The monoisotopic (exact) mass is 398 g/mol. The summed E-state index contributed by atoms with van der Waals surface area (Å²) in [5, 5.41) is 0. The Balaban J connectivity index is 1.40. The summed E-state index contributed by atoms with van der Waals surface area (Å²) >= 11 is 0. The molecule has 1 spiro atoms. The first-order chi connectivity index (χ1) is 14.0. The summed E-state index contributed by atoms with van der Waals surface area (Å²) < 4.78 is 21.8. The van der Waals surface area contributed by atoms with Crippen molar-refractivity contribution in [1.82, 2.24) is 0 Å². The van der Waals surface area contributed by atoms with E-state index in [2.05, 4.69) is 6.08 Å². The summed E-state index contributed by atoms with van der Waals surface area (Å²) in [6.07, 6.45) is 9.71. The van der Waals surface area contributed by atoms with Crippen molar-refractivity contribution in [2.75, 3.05) is 13.2 Å². The fraction of sp³-hybridized carbons (Fsp3) is 0.391. The summed E-state index contributed by atoms with van der Waals surface area (Å²) in [6.45, 7) is 3.10. The van der Waals surface area contributed by atoms with Crippen LogP contribution in [0.3, 0.4) is 0 Å².